The van der Waals surface area contributed by atoms with Crippen LogP contribution >= 0.6 is 11.3 Å². The van der Waals surface area contributed by atoms with Crippen molar-refractivity contribution < 1.29 is 13.9 Å². The van der Waals surface area contributed by atoms with Gasteiger partial charge in [0.2, 0.25) is 5.82 Å². The van der Waals surface area contributed by atoms with Crippen LogP contribution < -0.4 is 5.32 Å². The average Bonchev–Trinajstić information content (AvgIpc) is 3.31. The van der Waals surface area contributed by atoms with Crippen LogP contribution in [0.1, 0.15) is 23.5 Å². The molecule has 136 valence electrons. The van der Waals surface area contributed by atoms with Gasteiger partial charge < -0.3 is 10.1 Å². The van der Waals surface area contributed by atoms with E-state index >= 15 is 0 Å². The Labute approximate surface area is 154 Å². The van der Waals surface area contributed by atoms with Gasteiger partial charge >= 0.3 is 0 Å². The second-order valence-electron chi connectivity index (χ2n) is 5.58. The summed E-state index contributed by atoms with van der Waals surface area (Å²) < 4.78 is 20.1. The monoisotopic (exact) mass is 374 g/mol. The van der Waals surface area contributed by atoms with E-state index in [-0.39, 0.29) is 17.5 Å². The third-order valence-corrected chi connectivity index (χ3v) is 4.53. The normalized spacial score (nSPS) is 10.8. The molecule has 0 saturated heterocycles. The molecule has 2 aromatic heterocycles. The molecule has 0 radical (unpaired) electrons. The Morgan fingerprint density at radius 2 is 2.19 bits per heavy atom. The van der Waals surface area contributed by atoms with Crippen LogP contribution in [0.5, 0.6) is 0 Å². The molecule has 0 aliphatic rings. The number of hydrogen-bond acceptors (Lipinski definition) is 5. The second-order valence-corrected chi connectivity index (χ2v) is 6.53. The molecule has 0 spiro atoms. The maximum absolute atomic E-state index is 13.6. The molecule has 26 heavy (non-hydrogen) atoms. The summed E-state index contributed by atoms with van der Waals surface area (Å²) in [5.41, 5.74) is 0.514. The topological polar surface area (TPSA) is 69.0 Å². The summed E-state index contributed by atoms with van der Waals surface area (Å²) in [5, 5.41) is 9.02. The molecule has 0 aliphatic heterocycles. The van der Waals surface area contributed by atoms with E-state index in [2.05, 4.69) is 15.4 Å². The number of amides is 1. The molecule has 8 heteroatoms. The summed E-state index contributed by atoms with van der Waals surface area (Å²) in [4.78, 5) is 17.6. The molecule has 1 aromatic carbocycles. The number of unbranched alkanes of at least 4 members (excludes halogenated alkanes) is 1. The highest BCUT2D eigenvalue weighted by atomic mass is 32.1. The maximum atomic E-state index is 13.6. The zero-order valence-corrected chi connectivity index (χ0v) is 15.1. The Balaban J connectivity index is 1.84. The van der Waals surface area contributed by atoms with Crippen LogP contribution in [0, 0.1) is 5.82 Å². The number of thiophene rings is 1. The quantitative estimate of drug-likeness (QED) is 0.614. The van der Waals surface area contributed by atoms with E-state index in [0.717, 1.165) is 17.7 Å². The van der Waals surface area contributed by atoms with Crippen molar-refractivity contribution in [2.45, 2.75) is 12.8 Å². The molecule has 0 unspecified atom stereocenters. The summed E-state index contributed by atoms with van der Waals surface area (Å²) in [7, 11) is 1.65. The van der Waals surface area contributed by atoms with Gasteiger partial charge in [0.25, 0.3) is 5.91 Å². The lowest BCUT2D eigenvalue weighted by molar-refractivity contribution is 0.0941. The highest BCUT2D eigenvalue weighted by molar-refractivity contribution is 7.13. The molecule has 6 nitrogen and oxygen atoms in total. The van der Waals surface area contributed by atoms with Crippen LogP contribution in [0.4, 0.5) is 4.39 Å². The molecule has 0 aliphatic carbocycles. The molecule has 1 N–H and O–H groups in total. The van der Waals surface area contributed by atoms with Crippen molar-refractivity contribution in [3.05, 3.63) is 53.4 Å². The Bertz CT molecular complexity index is 864. The first-order valence-electron chi connectivity index (χ1n) is 8.23. The smallest absolute Gasteiger partial charge is 0.290 e. The molecule has 1 amide bonds. The molecule has 3 rings (SSSR count). The fourth-order valence-electron chi connectivity index (χ4n) is 2.41. The Morgan fingerprint density at radius 3 is 2.92 bits per heavy atom. The van der Waals surface area contributed by atoms with Gasteiger partial charge in [-0.05, 0) is 42.5 Å². The number of halogens is 1. The number of carbonyl (C=O) groups excluding carboxylic acids is 1. The number of ether oxygens (including phenoxy) is 1. The zero-order chi connectivity index (χ0) is 18.4. The number of rotatable bonds is 8. The van der Waals surface area contributed by atoms with E-state index in [1.807, 2.05) is 17.5 Å². The van der Waals surface area contributed by atoms with E-state index in [4.69, 9.17) is 4.74 Å². The molecule has 0 fully saturated rings. The lowest BCUT2D eigenvalue weighted by Crippen LogP contribution is -2.26. The van der Waals surface area contributed by atoms with Gasteiger partial charge in [-0.25, -0.2) is 14.1 Å². The molecule has 0 saturated carbocycles. The molecule has 0 bridgehead atoms. The Morgan fingerprint density at radius 1 is 1.31 bits per heavy atom. The average molecular weight is 374 g/mol. The summed E-state index contributed by atoms with van der Waals surface area (Å²) in [6.07, 6.45) is 1.67. The number of nitrogens with zero attached hydrogens (tertiary/aromatic N) is 3. The van der Waals surface area contributed by atoms with Gasteiger partial charge in [-0.1, -0.05) is 12.1 Å². The van der Waals surface area contributed by atoms with Gasteiger partial charge in [0.15, 0.2) is 5.82 Å². The lowest BCUT2D eigenvalue weighted by atomic mass is 10.3. The van der Waals surface area contributed by atoms with E-state index in [0.29, 0.717) is 24.7 Å². The minimum atomic E-state index is -0.376. The van der Waals surface area contributed by atoms with Gasteiger partial charge in [-0.3, -0.25) is 4.79 Å². The van der Waals surface area contributed by atoms with Crippen molar-refractivity contribution in [2.24, 2.45) is 0 Å². The van der Waals surface area contributed by atoms with Crippen LogP contribution in [0.2, 0.25) is 0 Å². The van der Waals surface area contributed by atoms with Crippen molar-refractivity contribution in [2.75, 3.05) is 20.3 Å². The van der Waals surface area contributed by atoms with E-state index in [1.165, 1.54) is 28.2 Å². The van der Waals surface area contributed by atoms with Gasteiger partial charge in [0, 0.05) is 20.3 Å². The largest absolute Gasteiger partial charge is 0.385 e. The summed E-state index contributed by atoms with van der Waals surface area (Å²) >= 11 is 1.48. The molecular formula is C18H19FN4O2S. The molecular weight excluding hydrogens is 355 g/mol. The number of methoxy groups -OCH3 is 1. The van der Waals surface area contributed by atoms with Gasteiger partial charge in [0.05, 0.1) is 10.6 Å². The van der Waals surface area contributed by atoms with Crippen LogP contribution in [-0.2, 0) is 4.74 Å². The Kier molecular flexibility index (Phi) is 6.08. The predicted octanol–water partition coefficient (Wildman–Crippen LogP) is 3.29. The van der Waals surface area contributed by atoms with Crippen LogP contribution in [0.15, 0.2) is 41.8 Å². The predicted molar refractivity (Wildman–Crippen MR) is 98.1 cm³/mol. The Hall–Kier alpha value is -2.58. The molecule has 2 heterocycles. The highest BCUT2D eigenvalue weighted by Crippen LogP contribution is 2.25. The number of hydrogen-bond donors (Lipinski definition) is 1. The molecule has 3 aromatic rings. The summed E-state index contributed by atoms with van der Waals surface area (Å²) in [6.45, 7) is 1.18. The van der Waals surface area contributed by atoms with Gasteiger partial charge in [-0.2, -0.15) is 0 Å². The number of benzene rings is 1. The van der Waals surface area contributed by atoms with Crippen LogP contribution in [0.3, 0.4) is 0 Å². The van der Waals surface area contributed by atoms with Gasteiger partial charge in [0.1, 0.15) is 5.82 Å². The fraction of sp³-hybridized carbons (Fsp3) is 0.278. The van der Waals surface area contributed by atoms with Crippen molar-refractivity contribution in [1.82, 2.24) is 20.1 Å². The minimum absolute atomic E-state index is 0.0596. The summed E-state index contributed by atoms with van der Waals surface area (Å²) in [5.74, 6) is -0.158. The third kappa shape index (κ3) is 4.33. The number of carbonyl (C=O) groups is 1. The molecule has 0 atom stereocenters. The second kappa shape index (κ2) is 8.68. The van der Waals surface area contributed by atoms with Crippen LogP contribution in [-0.4, -0.2) is 40.9 Å². The lowest BCUT2D eigenvalue weighted by Gasteiger charge is -2.04. The maximum Gasteiger partial charge on any atom is 0.290 e. The third-order valence-electron chi connectivity index (χ3n) is 3.67. The first-order valence-corrected chi connectivity index (χ1v) is 9.11. The highest BCUT2D eigenvalue weighted by Gasteiger charge is 2.19. The van der Waals surface area contributed by atoms with E-state index in [9.17, 15) is 9.18 Å². The van der Waals surface area contributed by atoms with Crippen molar-refractivity contribution in [1.29, 1.82) is 0 Å². The standard InChI is InChI=1S/C18H19FN4O2S/c1-25-10-3-2-9-20-18(24)16-21-17(15-8-5-11-26-15)23(22-16)14-7-4-6-13(19)12-14/h4-8,11-12H,2-3,9-10H2,1H3,(H,20,24). The van der Waals surface area contributed by atoms with Crippen molar-refractivity contribution in [3.8, 4) is 16.4 Å². The SMILES string of the molecule is COCCCCNC(=O)c1nc(-c2cccs2)n(-c2cccc(F)c2)n1. The van der Waals surface area contributed by atoms with Gasteiger partial charge in [-0.15, -0.1) is 16.4 Å². The summed E-state index contributed by atoms with van der Waals surface area (Å²) in [6, 6.07) is 9.82. The van der Waals surface area contributed by atoms with Crippen LogP contribution in [0.25, 0.3) is 16.4 Å². The number of aromatic nitrogens is 3. The first-order chi connectivity index (χ1) is 12.7. The van der Waals surface area contributed by atoms with E-state index < -0.39 is 0 Å². The van der Waals surface area contributed by atoms with E-state index in [1.54, 1.807) is 19.2 Å². The first kappa shape index (κ1) is 18.2. The van der Waals surface area contributed by atoms with Crippen molar-refractivity contribution >= 4 is 17.2 Å². The van der Waals surface area contributed by atoms with Crippen molar-refractivity contribution in [3.63, 3.8) is 0 Å². The fourth-order valence-corrected chi connectivity index (χ4v) is 3.11. The number of nitrogens with one attached hydrogen (secondary N) is 1. The minimum Gasteiger partial charge on any atom is -0.385 e. The zero-order valence-electron chi connectivity index (χ0n) is 14.3.